The molecule has 2 rings (SSSR count). The van der Waals surface area contributed by atoms with Crippen LogP contribution in [0, 0.1) is 0 Å². The van der Waals surface area contributed by atoms with Gasteiger partial charge in [-0.3, -0.25) is 4.68 Å². The Hall–Kier alpha value is -1.81. The fraction of sp³-hybridized carbons (Fsp3) is 0.471. The van der Waals surface area contributed by atoms with Crippen LogP contribution in [-0.4, -0.2) is 23.9 Å². The molecule has 0 saturated heterocycles. The molecule has 2 aromatic rings. The highest BCUT2D eigenvalue weighted by Gasteiger charge is 2.27. The Morgan fingerprint density at radius 1 is 1.14 bits per heavy atom. The van der Waals surface area contributed by atoms with Crippen molar-refractivity contribution in [2.45, 2.75) is 38.8 Å². The van der Waals surface area contributed by atoms with E-state index in [1.807, 2.05) is 17.8 Å². The molecule has 1 heterocycles. The molecule has 0 fully saturated rings. The number of hydrogen-bond donors (Lipinski definition) is 1. The monoisotopic (exact) mass is 287 g/mol. The lowest BCUT2D eigenvalue weighted by Gasteiger charge is -2.26. The summed E-state index contributed by atoms with van der Waals surface area (Å²) in [5.74, 6) is 1.16. The second kappa shape index (κ2) is 6.76. The molecule has 1 aromatic carbocycles. The topological polar surface area (TPSA) is 39.1 Å². The van der Waals surface area contributed by atoms with Crippen LogP contribution in [0.1, 0.15) is 50.0 Å². The number of likely N-dealkylation sites (N-methyl/N-ethyl adjacent to an activating group) is 1. The van der Waals surface area contributed by atoms with E-state index in [4.69, 9.17) is 4.74 Å². The zero-order valence-corrected chi connectivity index (χ0v) is 13.5. The average Bonchev–Trinajstić information content (AvgIpc) is 2.93. The van der Waals surface area contributed by atoms with Crippen LogP contribution in [0.5, 0.6) is 5.75 Å². The summed E-state index contributed by atoms with van der Waals surface area (Å²) >= 11 is 0. The van der Waals surface area contributed by atoms with E-state index < -0.39 is 0 Å². The van der Waals surface area contributed by atoms with Gasteiger partial charge in [0.05, 0.1) is 25.0 Å². The number of aromatic nitrogens is 2. The third-order valence-corrected chi connectivity index (χ3v) is 3.94. The summed E-state index contributed by atoms with van der Waals surface area (Å²) < 4.78 is 7.56. The molecule has 0 aliphatic rings. The van der Waals surface area contributed by atoms with Crippen molar-refractivity contribution in [3.63, 3.8) is 0 Å². The SMILES string of the molecule is CNC(c1c(OC)cnn1C(C)C)C(C)c1ccccc1. The second-order valence-electron chi connectivity index (χ2n) is 5.60. The third-order valence-electron chi connectivity index (χ3n) is 3.94. The molecular formula is C17H25N3O. The van der Waals surface area contributed by atoms with E-state index in [2.05, 4.69) is 55.5 Å². The van der Waals surface area contributed by atoms with Gasteiger partial charge < -0.3 is 10.1 Å². The molecule has 0 spiro atoms. The van der Waals surface area contributed by atoms with E-state index >= 15 is 0 Å². The molecule has 2 atom stereocenters. The largest absolute Gasteiger partial charge is 0.493 e. The molecule has 21 heavy (non-hydrogen) atoms. The fourth-order valence-electron chi connectivity index (χ4n) is 2.79. The number of methoxy groups -OCH3 is 1. The molecule has 0 aliphatic carbocycles. The van der Waals surface area contributed by atoms with Gasteiger partial charge in [-0.25, -0.2) is 0 Å². The van der Waals surface area contributed by atoms with E-state index in [0.717, 1.165) is 11.4 Å². The normalized spacial score (nSPS) is 14.2. The lowest BCUT2D eigenvalue weighted by Crippen LogP contribution is -2.26. The molecule has 4 nitrogen and oxygen atoms in total. The van der Waals surface area contributed by atoms with Crippen molar-refractivity contribution in [3.8, 4) is 5.75 Å². The molecule has 0 radical (unpaired) electrons. The molecule has 4 heteroatoms. The van der Waals surface area contributed by atoms with E-state index in [1.54, 1.807) is 13.3 Å². The van der Waals surface area contributed by atoms with Crippen molar-refractivity contribution in [2.75, 3.05) is 14.2 Å². The first-order chi connectivity index (χ1) is 10.1. The molecule has 2 unspecified atom stereocenters. The zero-order chi connectivity index (χ0) is 15.4. The van der Waals surface area contributed by atoms with Gasteiger partial charge in [-0.2, -0.15) is 5.10 Å². The number of benzene rings is 1. The van der Waals surface area contributed by atoms with Crippen molar-refractivity contribution >= 4 is 0 Å². The van der Waals surface area contributed by atoms with Crippen molar-refractivity contribution in [1.82, 2.24) is 15.1 Å². The van der Waals surface area contributed by atoms with Gasteiger partial charge in [-0.1, -0.05) is 37.3 Å². The summed E-state index contributed by atoms with van der Waals surface area (Å²) in [7, 11) is 3.69. The molecule has 0 amide bonds. The Labute approximate surface area is 127 Å². The minimum atomic E-state index is 0.146. The van der Waals surface area contributed by atoms with Crippen LogP contribution in [0.3, 0.4) is 0 Å². The highest BCUT2D eigenvalue weighted by Crippen LogP contribution is 2.36. The van der Waals surface area contributed by atoms with Gasteiger partial charge >= 0.3 is 0 Å². The molecule has 0 aliphatic heterocycles. The minimum Gasteiger partial charge on any atom is -0.493 e. The maximum Gasteiger partial charge on any atom is 0.161 e. The molecule has 0 saturated carbocycles. The summed E-state index contributed by atoms with van der Waals surface area (Å²) in [4.78, 5) is 0. The van der Waals surface area contributed by atoms with Crippen LogP contribution in [0.25, 0.3) is 0 Å². The van der Waals surface area contributed by atoms with Gasteiger partial charge in [0, 0.05) is 12.0 Å². The van der Waals surface area contributed by atoms with Crippen molar-refractivity contribution in [2.24, 2.45) is 0 Å². The van der Waals surface area contributed by atoms with Gasteiger partial charge in [0.25, 0.3) is 0 Å². The lowest BCUT2D eigenvalue weighted by atomic mass is 9.91. The maximum atomic E-state index is 5.52. The molecule has 0 bridgehead atoms. The first kappa shape index (κ1) is 15.6. The second-order valence-corrected chi connectivity index (χ2v) is 5.60. The van der Waals surface area contributed by atoms with Gasteiger partial charge in [0.2, 0.25) is 0 Å². The predicted octanol–water partition coefficient (Wildman–Crippen LogP) is 3.54. The van der Waals surface area contributed by atoms with E-state index in [0.29, 0.717) is 12.0 Å². The van der Waals surface area contributed by atoms with Crippen molar-refractivity contribution in [3.05, 3.63) is 47.8 Å². The summed E-state index contributed by atoms with van der Waals surface area (Å²) in [5, 5.41) is 7.91. The van der Waals surface area contributed by atoms with Crippen LogP contribution < -0.4 is 10.1 Å². The first-order valence-corrected chi connectivity index (χ1v) is 7.43. The molecule has 1 aromatic heterocycles. The number of hydrogen-bond acceptors (Lipinski definition) is 3. The Morgan fingerprint density at radius 2 is 1.81 bits per heavy atom. The number of nitrogens with zero attached hydrogens (tertiary/aromatic N) is 2. The van der Waals surface area contributed by atoms with Crippen molar-refractivity contribution in [1.29, 1.82) is 0 Å². The lowest BCUT2D eigenvalue weighted by molar-refractivity contribution is 0.376. The maximum absolute atomic E-state index is 5.52. The van der Waals surface area contributed by atoms with Gasteiger partial charge in [0.15, 0.2) is 5.75 Å². The van der Waals surface area contributed by atoms with Gasteiger partial charge in [0.1, 0.15) is 0 Å². The average molecular weight is 287 g/mol. The smallest absolute Gasteiger partial charge is 0.161 e. The van der Waals surface area contributed by atoms with Crippen LogP contribution in [-0.2, 0) is 0 Å². The van der Waals surface area contributed by atoms with Gasteiger partial charge in [-0.05, 0) is 26.5 Å². The van der Waals surface area contributed by atoms with Crippen LogP contribution in [0.15, 0.2) is 36.5 Å². The summed E-state index contributed by atoms with van der Waals surface area (Å²) in [6, 6.07) is 11.0. The van der Waals surface area contributed by atoms with E-state index in [9.17, 15) is 0 Å². The Bertz CT molecular complexity index is 563. The van der Waals surface area contributed by atoms with E-state index in [-0.39, 0.29) is 6.04 Å². The van der Waals surface area contributed by atoms with Crippen LogP contribution in [0.4, 0.5) is 0 Å². The highest BCUT2D eigenvalue weighted by atomic mass is 16.5. The third kappa shape index (κ3) is 3.10. The molecule has 1 N–H and O–H groups in total. The Kier molecular flexibility index (Phi) is 5.02. The van der Waals surface area contributed by atoms with Crippen LogP contribution >= 0.6 is 0 Å². The minimum absolute atomic E-state index is 0.146. The first-order valence-electron chi connectivity index (χ1n) is 7.43. The summed E-state index contributed by atoms with van der Waals surface area (Å²) in [5.41, 5.74) is 2.40. The molecular weight excluding hydrogens is 262 g/mol. The molecule has 114 valence electrons. The highest BCUT2D eigenvalue weighted by molar-refractivity contribution is 5.33. The Morgan fingerprint density at radius 3 is 2.33 bits per heavy atom. The quantitative estimate of drug-likeness (QED) is 0.883. The van der Waals surface area contributed by atoms with E-state index in [1.165, 1.54) is 5.56 Å². The number of ether oxygens (including phenoxy) is 1. The number of nitrogens with one attached hydrogen (secondary N) is 1. The fourth-order valence-corrected chi connectivity index (χ4v) is 2.79. The number of rotatable bonds is 6. The zero-order valence-electron chi connectivity index (χ0n) is 13.5. The standard InChI is InChI=1S/C17H25N3O/c1-12(2)20-17(15(21-5)11-19-20)16(18-4)13(3)14-9-7-6-8-10-14/h6-13,16,18H,1-5H3. The predicted molar refractivity (Wildman–Crippen MR) is 85.8 cm³/mol. The Balaban J connectivity index is 2.44. The summed E-state index contributed by atoms with van der Waals surface area (Å²) in [6.07, 6.45) is 1.80. The van der Waals surface area contributed by atoms with Gasteiger partial charge in [-0.15, -0.1) is 0 Å². The summed E-state index contributed by atoms with van der Waals surface area (Å²) in [6.45, 7) is 6.50. The van der Waals surface area contributed by atoms with Crippen LogP contribution in [0.2, 0.25) is 0 Å². The van der Waals surface area contributed by atoms with Crippen molar-refractivity contribution < 1.29 is 4.74 Å².